The maximum Gasteiger partial charge on any atom is 0.324 e. The van der Waals surface area contributed by atoms with Crippen molar-refractivity contribution in [2.24, 2.45) is 11.3 Å². The number of pyridine rings is 1. The number of urea groups is 1. The number of ketones is 1. The number of rotatable bonds is 7. The number of sulfonamides is 1. The van der Waals surface area contributed by atoms with Gasteiger partial charge in [0, 0.05) is 42.8 Å². The molecule has 2 fully saturated rings. The Kier molecular flexibility index (Phi) is 9.56. The number of nitrogens with zero attached hydrogens (tertiary/aromatic N) is 4. The van der Waals surface area contributed by atoms with E-state index in [9.17, 15) is 22.8 Å². The third-order valence-electron chi connectivity index (χ3n) is 11.1. The summed E-state index contributed by atoms with van der Waals surface area (Å²) in [6, 6.07) is 5.59. The van der Waals surface area contributed by atoms with E-state index in [1.54, 1.807) is 30.2 Å². The van der Waals surface area contributed by atoms with Crippen LogP contribution < -0.4 is 9.46 Å². The SMILES string of the molecule is CC1=C2C(=O)C[C@]3(C(=O)NS(=O)(=O)C4CC4)C[C@H]3/C=C\CCCCN(C)C(=O)N2C[C@@H]1Oc1cc(-c2csc(C(C)C)n2)nc2c(C)c(C)ccc12. The lowest BCUT2D eigenvalue weighted by Gasteiger charge is -2.27. The van der Waals surface area contributed by atoms with Crippen molar-refractivity contribution in [3.63, 3.8) is 0 Å². The fourth-order valence-corrected chi connectivity index (χ4v) is 9.56. The molecule has 3 atom stereocenters. The average Bonchev–Trinajstić information content (AvgIpc) is 3.99. The van der Waals surface area contributed by atoms with Crippen molar-refractivity contribution in [2.45, 2.75) is 96.8 Å². The number of fused-ring (bicyclic) bond motifs is 3. The number of aryl methyl sites for hydroxylation is 2. The Labute approximate surface area is 309 Å². The van der Waals surface area contributed by atoms with E-state index in [0.29, 0.717) is 42.8 Å². The Hall–Kier alpha value is -4.10. The number of hydrogen-bond acceptors (Lipinski definition) is 9. The number of thiazole rings is 1. The summed E-state index contributed by atoms with van der Waals surface area (Å²) in [4.78, 5) is 55.3. The maximum atomic E-state index is 14.5. The molecule has 2 saturated carbocycles. The number of carbonyl (C=O) groups excluding carboxylic acids is 3. The molecule has 0 spiro atoms. The average molecular weight is 746 g/mol. The predicted molar refractivity (Wildman–Crippen MR) is 202 cm³/mol. The Balaban J connectivity index is 1.26. The van der Waals surface area contributed by atoms with Gasteiger partial charge in [-0.25, -0.2) is 23.2 Å². The Morgan fingerprint density at radius 2 is 1.87 bits per heavy atom. The van der Waals surface area contributed by atoms with Crippen molar-refractivity contribution >= 4 is 50.0 Å². The molecule has 52 heavy (non-hydrogen) atoms. The van der Waals surface area contributed by atoms with Crippen molar-refractivity contribution in [1.29, 1.82) is 0 Å². The Bertz CT molecular complexity index is 2130. The zero-order valence-electron chi connectivity index (χ0n) is 30.7. The topological polar surface area (TPSA) is 139 Å². The number of allylic oxidation sites excluding steroid dienone is 3. The molecule has 1 N–H and O–H groups in total. The molecule has 1 aromatic carbocycles. The van der Waals surface area contributed by atoms with Gasteiger partial charge in [-0.15, -0.1) is 11.3 Å². The summed E-state index contributed by atoms with van der Waals surface area (Å²) in [5, 5.41) is 3.26. The van der Waals surface area contributed by atoms with Crippen LogP contribution in [-0.2, 0) is 19.6 Å². The third-order valence-corrected chi connectivity index (χ3v) is 14.0. The molecule has 0 unspecified atom stereocenters. The molecule has 3 aromatic rings. The summed E-state index contributed by atoms with van der Waals surface area (Å²) in [5.74, 6) is -0.452. The molecule has 11 nitrogen and oxygen atoms in total. The van der Waals surface area contributed by atoms with Crippen molar-refractivity contribution < 1.29 is 27.5 Å². The smallest absolute Gasteiger partial charge is 0.324 e. The highest BCUT2D eigenvalue weighted by atomic mass is 32.2. The molecule has 0 radical (unpaired) electrons. The number of ether oxygens (including phenoxy) is 1. The van der Waals surface area contributed by atoms with Crippen molar-refractivity contribution in [3.8, 4) is 17.1 Å². The minimum atomic E-state index is -3.81. The van der Waals surface area contributed by atoms with Gasteiger partial charge in [-0.1, -0.05) is 32.1 Å². The first-order chi connectivity index (χ1) is 24.7. The van der Waals surface area contributed by atoms with E-state index in [0.717, 1.165) is 52.0 Å². The summed E-state index contributed by atoms with van der Waals surface area (Å²) in [6.07, 6.45) is 6.86. The number of carbonyl (C=O) groups is 3. The first-order valence-electron chi connectivity index (χ1n) is 18.2. The van der Waals surface area contributed by atoms with Crippen molar-refractivity contribution in [1.82, 2.24) is 24.5 Å². The fourth-order valence-electron chi connectivity index (χ4n) is 7.35. The van der Waals surface area contributed by atoms with Crippen LogP contribution in [0, 0.1) is 25.2 Å². The standard InChI is InChI=1S/C39H47N5O6S2/c1-22(2)36-41-30(21-51-36)29-17-32(28-15-12-23(3)24(4)34(28)40-29)50-33-20-44-35(25(33)5)31(45)19-39(37(46)42-52(48,49)27-13-14-27)18-26(39)11-9-7-8-10-16-43(6)38(44)47/h9,11-12,15,17,21-22,26-27,33H,7-8,10,13-14,16,18-20H2,1-6H3,(H,42,46)/b11-9-/t26-,33+,39-/m1/s1. The van der Waals surface area contributed by atoms with E-state index in [4.69, 9.17) is 14.7 Å². The lowest BCUT2D eigenvalue weighted by molar-refractivity contribution is -0.129. The molecule has 4 heterocycles. The van der Waals surface area contributed by atoms with Gasteiger partial charge in [0.2, 0.25) is 15.9 Å². The van der Waals surface area contributed by atoms with Crippen LogP contribution in [0.1, 0.15) is 87.8 Å². The molecule has 13 heteroatoms. The molecule has 2 aromatic heterocycles. The second kappa shape index (κ2) is 13.7. The minimum Gasteiger partial charge on any atom is -0.483 e. The number of benzene rings is 1. The van der Waals surface area contributed by atoms with E-state index < -0.39 is 32.7 Å². The molecule has 4 aliphatic rings. The molecule has 0 bridgehead atoms. The van der Waals surface area contributed by atoms with Crippen LogP contribution in [0.3, 0.4) is 0 Å². The second-order valence-corrected chi connectivity index (χ2v) is 18.1. The molecule has 3 amide bonds. The largest absolute Gasteiger partial charge is 0.483 e. The molecule has 0 saturated heterocycles. The first kappa shape index (κ1) is 36.3. The molecule has 7 rings (SSSR count). The van der Waals surface area contributed by atoms with Crippen LogP contribution in [0.5, 0.6) is 5.75 Å². The number of aromatic nitrogens is 2. The maximum absolute atomic E-state index is 14.5. The lowest BCUT2D eigenvalue weighted by atomic mass is 9.92. The van der Waals surface area contributed by atoms with Crippen LogP contribution >= 0.6 is 11.3 Å². The van der Waals surface area contributed by atoms with Gasteiger partial charge in [-0.2, -0.15) is 0 Å². The summed E-state index contributed by atoms with van der Waals surface area (Å²) < 4.78 is 34.8. The normalized spacial score (nSPS) is 24.9. The minimum absolute atomic E-state index is 0.104. The van der Waals surface area contributed by atoms with Gasteiger partial charge in [-0.05, 0) is 88.0 Å². The van der Waals surface area contributed by atoms with Gasteiger partial charge in [0.25, 0.3) is 0 Å². The summed E-state index contributed by atoms with van der Waals surface area (Å²) >= 11 is 1.59. The van der Waals surface area contributed by atoms with Crippen LogP contribution in [0.25, 0.3) is 22.3 Å². The van der Waals surface area contributed by atoms with Gasteiger partial charge in [0.1, 0.15) is 11.9 Å². The van der Waals surface area contributed by atoms with Gasteiger partial charge < -0.3 is 9.64 Å². The van der Waals surface area contributed by atoms with Crippen molar-refractivity contribution in [2.75, 3.05) is 20.1 Å². The van der Waals surface area contributed by atoms with E-state index in [1.807, 2.05) is 49.6 Å². The highest BCUT2D eigenvalue weighted by Crippen LogP contribution is 2.57. The quantitative estimate of drug-likeness (QED) is 0.261. The van der Waals surface area contributed by atoms with E-state index in [-0.39, 0.29) is 42.3 Å². The molecular weight excluding hydrogens is 699 g/mol. The Morgan fingerprint density at radius 1 is 1.10 bits per heavy atom. The van der Waals surface area contributed by atoms with E-state index in [2.05, 4.69) is 18.6 Å². The number of Topliss-reactive ketones (excluding diaryl/α,β-unsaturated/α-hetero) is 1. The molecule has 276 valence electrons. The highest BCUT2D eigenvalue weighted by Gasteiger charge is 2.61. The van der Waals surface area contributed by atoms with Gasteiger partial charge >= 0.3 is 6.03 Å². The van der Waals surface area contributed by atoms with Gasteiger partial charge in [0.15, 0.2) is 5.78 Å². The van der Waals surface area contributed by atoms with E-state index in [1.165, 1.54) is 4.90 Å². The molecule has 2 aliphatic heterocycles. The Morgan fingerprint density at radius 3 is 2.58 bits per heavy atom. The summed E-state index contributed by atoms with van der Waals surface area (Å²) in [7, 11) is -2.08. The van der Waals surface area contributed by atoms with Crippen LogP contribution in [0.4, 0.5) is 4.79 Å². The fraction of sp³-hybridized carbons (Fsp3) is 0.513. The van der Waals surface area contributed by atoms with Crippen LogP contribution in [0.15, 0.2) is 47.0 Å². The zero-order valence-corrected chi connectivity index (χ0v) is 32.3. The van der Waals surface area contributed by atoms with Crippen LogP contribution in [0.2, 0.25) is 0 Å². The summed E-state index contributed by atoms with van der Waals surface area (Å²) in [5.41, 5.74) is 3.92. The van der Waals surface area contributed by atoms with E-state index >= 15 is 0 Å². The number of amides is 3. The molecule has 2 aliphatic carbocycles. The summed E-state index contributed by atoms with van der Waals surface area (Å²) in [6.45, 7) is 10.7. The van der Waals surface area contributed by atoms with Crippen molar-refractivity contribution in [3.05, 3.63) is 63.1 Å². The van der Waals surface area contributed by atoms with Gasteiger partial charge in [0.05, 0.1) is 44.8 Å². The third kappa shape index (κ3) is 6.77. The number of nitrogens with one attached hydrogen (secondary N) is 1. The van der Waals surface area contributed by atoms with Gasteiger partial charge in [-0.3, -0.25) is 19.2 Å². The van der Waals surface area contributed by atoms with Crippen LogP contribution in [-0.4, -0.2) is 77.4 Å². The monoisotopic (exact) mass is 745 g/mol. The number of hydrogen-bond donors (Lipinski definition) is 1. The second-order valence-electron chi connectivity index (χ2n) is 15.3. The molecular formula is C39H47N5O6S2. The zero-order chi connectivity index (χ0) is 37.1. The lowest BCUT2D eigenvalue weighted by Crippen LogP contribution is -2.44. The highest BCUT2D eigenvalue weighted by molar-refractivity contribution is 7.90. The predicted octanol–water partition coefficient (Wildman–Crippen LogP) is 6.80. The first-order valence-corrected chi connectivity index (χ1v) is 20.7.